The quantitative estimate of drug-likeness (QED) is 0.865. The summed E-state index contributed by atoms with van der Waals surface area (Å²) in [7, 11) is -3.58. The van der Waals surface area contributed by atoms with Gasteiger partial charge in [-0.3, -0.25) is 4.79 Å². The Morgan fingerprint density at radius 2 is 1.96 bits per heavy atom. The fraction of sp³-hybridized carbons (Fsp3) is 0.588. The van der Waals surface area contributed by atoms with Crippen LogP contribution in [0.2, 0.25) is 0 Å². The van der Waals surface area contributed by atoms with Crippen LogP contribution in [0.5, 0.6) is 0 Å². The Balaban J connectivity index is 2.23. The van der Waals surface area contributed by atoms with Crippen molar-refractivity contribution in [2.75, 3.05) is 5.32 Å². The molecule has 1 aliphatic rings. The van der Waals surface area contributed by atoms with E-state index in [9.17, 15) is 13.2 Å². The first-order chi connectivity index (χ1) is 10.8. The van der Waals surface area contributed by atoms with Gasteiger partial charge in [0.2, 0.25) is 15.9 Å². The Bertz CT molecular complexity index is 670. The summed E-state index contributed by atoms with van der Waals surface area (Å²) < 4.78 is 28.2. The van der Waals surface area contributed by atoms with E-state index < -0.39 is 10.0 Å². The van der Waals surface area contributed by atoms with Gasteiger partial charge in [-0.15, -0.1) is 0 Å². The first-order valence-corrected chi connectivity index (χ1v) is 9.72. The molecule has 2 unspecified atom stereocenters. The number of carbonyl (C=O) groups excluding carboxylic acids is 1. The zero-order valence-corrected chi connectivity index (χ0v) is 14.9. The molecular weight excluding hydrogens is 312 g/mol. The van der Waals surface area contributed by atoms with Gasteiger partial charge in [0, 0.05) is 18.7 Å². The lowest BCUT2D eigenvalue weighted by molar-refractivity contribution is -0.114. The van der Waals surface area contributed by atoms with Crippen molar-refractivity contribution in [1.82, 2.24) is 4.72 Å². The van der Waals surface area contributed by atoms with E-state index in [2.05, 4.69) is 17.0 Å². The predicted octanol–water partition coefficient (Wildman–Crippen LogP) is 3.20. The molecule has 23 heavy (non-hydrogen) atoms. The van der Waals surface area contributed by atoms with Gasteiger partial charge in [0.1, 0.15) is 0 Å². The fourth-order valence-corrected chi connectivity index (χ4v) is 4.58. The topological polar surface area (TPSA) is 75.3 Å². The highest BCUT2D eigenvalue weighted by molar-refractivity contribution is 7.89. The average molecular weight is 338 g/mol. The predicted molar refractivity (Wildman–Crippen MR) is 91.8 cm³/mol. The minimum atomic E-state index is -3.58. The zero-order chi connectivity index (χ0) is 17.0. The third-order valence-corrected chi connectivity index (χ3v) is 6.06. The van der Waals surface area contributed by atoms with Crippen LogP contribution in [0.4, 0.5) is 5.69 Å². The molecule has 1 fully saturated rings. The van der Waals surface area contributed by atoms with Crippen molar-refractivity contribution < 1.29 is 13.2 Å². The van der Waals surface area contributed by atoms with Gasteiger partial charge in [-0.1, -0.05) is 32.3 Å². The summed E-state index contributed by atoms with van der Waals surface area (Å²) in [6, 6.07) is 4.84. The summed E-state index contributed by atoms with van der Waals surface area (Å²) in [6.45, 7) is 5.36. The molecule has 1 aromatic rings. The number of nitrogens with one attached hydrogen (secondary N) is 2. The molecule has 0 aliphatic heterocycles. The second-order valence-corrected chi connectivity index (χ2v) is 8.05. The van der Waals surface area contributed by atoms with E-state index in [0.717, 1.165) is 31.2 Å². The van der Waals surface area contributed by atoms with Crippen LogP contribution in [0.1, 0.15) is 51.5 Å². The number of amides is 1. The van der Waals surface area contributed by atoms with E-state index >= 15 is 0 Å². The number of rotatable bonds is 5. The Labute approximate surface area is 138 Å². The van der Waals surface area contributed by atoms with Gasteiger partial charge in [-0.25, -0.2) is 13.1 Å². The van der Waals surface area contributed by atoms with Gasteiger partial charge in [0.15, 0.2) is 0 Å². The molecule has 0 saturated heterocycles. The molecule has 1 aliphatic carbocycles. The lowest BCUT2D eigenvalue weighted by Gasteiger charge is -2.31. The highest BCUT2D eigenvalue weighted by Crippen LogP contribution is 2.28. The molecule has 6 heteroatoms. The van der Waals surface area contributed by atoms with Gasteiger partial charge in [-0.2, -0.15) is 0 Å². The zero-order valence-electron chi connectivity index (χ0n) is 14.1. The summed E-state index contributed by atoms with van der Waals surface area (Å²) >= 11 is 0. The highest BCUT2D eigenvalue weighted by atomic mass is 32.2. The van der Waals surface area contributed by atoms with Gasteiger partial charge in [0.25, 0.3) is 0 Å². The van der Waals surface area contributed by atoms with Crippen molar-refractivity contribution >= 4 is 21.6 Å². The molecule has 1 saturated carbocycles. The van der Waals surface area contributed by atoms with Crippen molar-refractivity contribution in [3.05, 3.63) is 23.8 Å². The summed E-state index contributed by atoms with van der Waals surface area (Å²) in [6.07, 6.45) is 5.19. The minimum Gasteiger partial charge on any atom is -0.326 e. The molecule has 0 radical (unpaired) electrons. The Morgan fingerprint density at radius 1 is 1.26 bits per heavy atom. The summed E-state index contributed by atoms with van der Waals surface area (Å²) in [5.41, 5.74) is 1.37. The number of hydrogen-bond acceptors (Lipinski definition) is 3. The number of sulfonamides is 1. The SMILES string of the molecule is CCC1CCCCC1NS(=O)(=O)c1ccc(C)c(NC(C)=O)c1. The van der Waals surface area contributed by atoms with Crippen LogP contribution >= 0.6 is 0 Å². The standard InChI is InChI=1S/C17H26N2O3S/c1-4-14-7-5-6-8-16(14)19-23(21,22)15-10-9-12(2)17(11-15)18-13(3)20/h9-11,14,16,19H,4-8H2,1-3H3,(H,18,20). The molecule has 0 heterocycles. The lowest BCUT2D eigenvalue weighted by atomic mass is 9.83. The number of hydrogen-bond donors (Lipinski definition) is 2. The summed E-state index contributed by atoms with van der Waals surface area (Å²) in [5, 5.41) is 2.68. The molecule has 128 valence electrons. The lowest BCUT2D eigenvalue weighted by Crippen LogP contribution is -2.41. The van der Waals surface area contributed by atoms with Crippen molar-refractivity contribution in [3.8, 4) is 0 Å². The number of benzene rings is 1. The number of aryl methyl sites for hydroxylation is 1. The second kappa shape index (κ2) is 7.45. The first-order valence-electron chi connectivity index (χ1n) is 8.24. The van der Waals surface area contributed by atoms with E-state index in [-0.39, 0.29) is 16.8 Å². The van der Waals surface area contributed by atoms with Crippen molar-refractivity contribution in [2.24, 2.45) is 5.92 Å². The molecule has 1 amide bonds. The number of carbonyl (C=O) groups is 1. The van der Waals surface area contributed by atoms with Crippen LogP contribution in [-0.2, 0) is 14.8 Å². The Kier molecular flexibility index (Phi) is 5.81. The first kappa shape index (κ1) is 17.9. The van der Waals surface area contributed by atoms with Crippen LogP contribution in [0.3, 0.4) is 0 Å². The third kappa shape index (κ3) is 4.54. The summed E-state index contributed by atoms with van der Waals surface area (Å²) in [4.78, 5) is 11.5. The third-order valence-electron chi connectivity index (χ3n) is 4.57. The van der Waals surface area contributed by atoms with Gasteiger partial charge in [0.05, 0.1) is 4.90 Å². The van der Waals surface area contributed by atoms with Gasteiger partial charge >= 0.3 is 0 Å². The molecule has 2 atom stereocenters. The van der Waals surface area contributed by atoms with Crippen LogP contribution in [-0.4, -0.2) is 20.4 Å². The van der Waals surface area contributed by atoms with Gasteiger partial charge in [-0.05, 0) is 43.4 Å². The van der Waals surface area contributed by atoms with Gasteiger partial charge < -0.3 is 5.32 Å². The second-order valence-electron chi connectivity index (χ2n) is 6.34. The van der Waals surface area contributed by atoms with Crippen molar-refractivity contribution in [3.63, 3.8) is 0 Å². The minimum absolute atomic E-state index is 0.00395. The molecule has 2 N–H and O–H groups in total. The maximum Gasteiger partial charge on any atom is 0.240 e. The molecule has 5 nitrogen and oxygen atoms in total. The van der Waals surface area contributed by atoms with E-state index in [4.69, 9.17) is 0 Å². The van der Waals surface area contributed by atoms with Crippen LogP contribution in [0.25, 0.3) is 0 Å². The molecule has 1 aromatic carbocycles. The smallest absolute Gasteiger partial charge is 0.240 e. The molecular formula is C17H26N2O3S. The Hall–Kier alpha value is -1.40. The number of anilines is 1. The molecule has 2 rings (SSSR count). The van der Waals surface area contributed by atoms with E-state index in [1.54, 1.807) is 12.1 Å². The summed E-state index contributed by atoms with van der Waals surface area (Å²) in [5.74, 6) is 0.188. The highest BCUT2D eigenvalue weighted by Gasteiger charge is 2.28. The monoisotopic (exact) mass is 338 g/mol. The van der Waals surface area contributed by atoms with Crippen molar-refractivity contribution in [2.45, 2.75) is 63.8 Å². The fourth-order valence-electron chi connectivity index (χ4n) is 3.21. The molecule has 0 spiro atoms. The van der Waals surface area contributed by atoms with Crippen LogP contribution < -0.4 is 10.0 Å². The Morgan fingerprint density at radius 3 is 2.61 bits per heavy atom. The maximum absolute atomic E-state index is 12.7. The van der Waals surface area contributed by atoms with Crippen LogP contribution in [0.15, 0.2) is 23.1 Å². The van der Waals surface area contributed by atoms with E-state index in [1.165, 1.54) is 19.4 Å². The molecule has 0 bridgehead atoms. The van der Waals surface area contributed by atoms with E-state index in [0.29, 0.717) is 11.6 Å². The maximum atomic E-state index is 12.7. The van der Waals surface area contributed by atoms with Crippen molar-refractivity contribution in [1.29, 1.82) is 0 Å². The van der Waals surface area contributed by atoms with Crippen LogP contribution in [0, 0.1) is 12.8 Å². The van der Waals surface area contributed by atoms with E-state index in [1.807, 2.05) is 6.92 Å². The largest absolute Gasteiger partial charge is 0.326 e. The normalized spacial score (nSPS) is 21.9. The average Bonchev–Trinajstić information content (AvgIpc) is 2.49. The molecule has 0 aromatic heterocycles.